The third kappa shape index (κ3) is 2.54. The van der Waals surface area contributed by atoms with Crippen LogP contribution in [0.5, 0.6) is 0 Å². The van der Waals surface area contributed by atoms with Gasteiger partial charge in [-0.1, -0.05) is 32.1 Å². The lowest BCUT2D eigenvalue weighted by Gasteiger charge is -2.15. The average Bonchev–Trinajstić information content (AvgIpc) is 2.50. The molecule has 1 N–H and O–H groups in total. The van der Waals surface area contributed by atoms with Crippen LogP contribution in [0.15, 0.2) is 6.20 Å². The maximum atomic E-state index is 11.5. The number of carbonyl (C=O) groups is 1. The fourth-order valence-corrected chi connectivity index (χ4v) is 1.28. The molecule has 0 unspecified atom stereocenters. The molecule has 0 aromatic carbocycles. The van der Waals surface area contributed by atoms with Crippen LogP contribution in [0.3, 0.4) is 0 Å². The number of nitrogens with one attached hydrogen (secondary N) is 1. The van der Waals surface area contributed by atoms with Crippen molar-refractivity contribution in [1.82, 2.24) is 4.98 Å². The Balaban J connectivity index is 2.71. The number of hydrogen-bond donors (Lipinski definition) is 1. The summed E-state index contributed by atoms with van der Waals surface area (Å²) < 4.78 is 0. The molecule has 1 heterocycles. The number of rotatable bonds is 1. The zero-order valence-electron chi connectivity index (χ0n) is 8.29. The quantitative estimate of drug-likeness (QED) is 0.769. The average molecular weight is 209 g/mol. The molecule has 1 aromatic heterocycles. The largest absolute Gasteiger partial charge is 0.301 e. The fourth-order valence-electron chi connectivity index (χ4n) is 0.668. The molecule has 0 aliphatic rings. The van der Waals surface area contributed by atoms with Crippen LogP contribution in [-0.4, -0.2) is 10.9 Å². The summed E-state index contributed by atoms with van der Waals surface area (Å²) in [6.45, 7) is 5.46. The Labute approximate surface area is 86.6 Å². The first-order valence-corrected chi connectivity index (χ1v) is 4.92. The summed E-state index contributed by atoms with van der Waals surface area (Å²) >= 11 is 1.17. The van der Waals surface area contributed by atoms with Gasteiger partial charge in [0, 0.05) is 5.41 Å². The summed E-state index contributed by atoms with van der Waals surface area (Å²) in [6, 6.07) is 1.96. The van der Waals surface area contributed by atoms with Gasteiger partial charge in [-0.2, -0.15) is 5.26 Å². The summed E-state index contributed by atoms with van der Waals surface area (Å²) in [5.41, 5.74) is -0.446. The van der Waals surface area contributed by atoms with Gasteiger partial charge in [0.05, 0.1) is 6.20 Å². The first kappa shape index (κ1) is 10.7. The van der Waals surface area contributed by atoms with Crippen molar-refractivity contribution in [2.75, 3.05) is 5.32 Å². The van der Waals surface area contributed by atoms with Crippen molar-refractivity contribution in [1.29, 1.82) is 5.26 Å². The predicted molar refractivity (Wildman–Crippen MR) is 54.9 cm³/mol. The summed E-state index contributed by atoms with van der Waals surface area (Å²) in [7, 11) is 0. The van der Waals surface area contributed by atoms with Gasteiger partial charge >= 0.3 is 0 Å². The van der Waals surface area contributed by atoms with E-state index < -0.39 is 5.41 Å². The molecule has 0 bridgehead atoms. The van der Waals surface area contributed by atoms with Crippen molar-refractivity contribution in [2.24, 2.45) is 5.41 Å². The lowest BCUT2D eigenvalue weighted by atomic mass is 9.96. The molecule has 1 aromatic rings. The molecule has 5 heteroatoms. The van der Waals surface area contributed by atoms with E-state index in [0.29, 0.717) is 10.0 Å². The first-order valence-electron chi connectivity index (χ1n) is 4.11. The summed E-state index contributed by atoms with van der Waals surface area (Å²) in [5, 5.41) is 11.7. The van der Waals surface area contributed by atoms with Crippen LogP contribution in [0.1, 0.15) is 25.6 Å². The van der Waals surface area contributed by atoms with Crippen molar-refractivity contribution in [3.8, 4) is 6.07 Å². The Hall–Kier alpha value is -1.41. The maximum absolute atomic E-state index is 11.5. The second-order valence-electron chi connectivity index (χ2n) is 3.85. The standard InChI is InChI=1S/C9H11N3OS/c1-9(2,3)7(13)12-8-11-5-6(4-10)14-8/h5H,1-3H3,(H,11,12,13). The zero-order valence-corrected chi connectivity index (χ0v) is 9.10. The highest BCUT2D eigenvalue weighted by Crippen LogP contribution is 2.21. The van der Waals surface area contributed by atoms with Crippen molar-refractivity contribution in [3.63, 3.8) is 0 Å². The van der Waals surface area contributed by atoms with Crippen LogP contribution in [0.4, 0.5) is 5.13 Å². The molecule has 0 aliphatic heterocycles. The van der Waals surface area contributed by atoms with Crippen LogP contribution in [0, 0.1) is 16.7 Å². The normalized spacial score (nSPS) is 10.7. The third-order valence-corrected chi connectivity index (χ3v) is 2.33. The topological polar surface area (TPSA) is 65.8 Å². The van der Waals surface area contributed by atoms with Gasteiger partial charge in [0.25, 0.3) is 0 Å². The number of anilines is 1. The van der Waals surface area contributed by atoms with Crippen LogP contribution in [0.2, 0.25) is 0 Å². The van der Waals surface area contributed by atoms with Gasteiger partial charge < -0.3 is 5.32 Å². The minimum Gasteiger partial charge on any atom is -0.301 e. The Kier molecular flexibility index (Phi) is 2.87. The number of hydrogen-bond acceptors (Lipinski definition) is 4. The molecule has 0 spiro atoms. The predicted octanol–water partition coefficient (Wildman–Crippen LogP) is 2.00. The van der Waals surface area contributed by atoms with E-state index in [0.717, 1.165) is 0 Å². The Morgan fingerprint density at radius 1 is 1.64 bits per heavy atom. The van der Waals surface area contributed by atoms with E-state index in [1.165, 1.54) is 17.5 Å². The molecule has 0 radical (unpaired) electrons. The van der Waals surface area contributed by atoms with Gasteiger partial charge in [-0.25, -0.2) is 4.98 Å². The molecule has 0 aliphatic carbocycles. The van der Waals surface area contributed by atoms with E-state index in [-0.39, 0.29) is 5.91 Å². The molecule has 14 heavy (non-hydrogen) atoms. The minimum atomic E-state index is -0.446. The zero-order chi connectivity index (χ0) is 10.8. The molecule has 0 atom stereocenters. The Morgan fingerprint density at radius 3 is 2.71 bits per heavy atom. The van der Waals surface area contributed by atoms with E-state index >= 15 is 0 Å². The minimum absolute atomic E-state index is 0.101. The van der Waals surface area contributed by atoms with Gasteiger partial charge in [0.1, 0.15) is 10.9 Å². The van der Waals surface area contributed by atoms with Crippen molar-refractivity contribution in [2.45, 2.75) is 20.8 Å². The lowest BCUT2D eigenvalue weighted by Crippen LogP contribution is -2.27. The van der Waals surface area contributed by atoms with Crippen LogP contribution in [0.25, 0.3) is 0 Å². The third-order valence-electron chi connectivity index (χ3n) is 1.52. The maximum Gasteiger partial charge on any atom is 0.231 e. The highest BCUT2D eigenvalue weighted by molar-refractivity contribution is 7.16. The Bertz CT molecular complexity index is 383. The van der Waals surface area contributed by atoms with Gasteiger partial charge in [-0.15, -0.1) is 0 Å². The van der Waals surface area contributed by atoms with E-state index in [1.54, 1.807) is 0 Å². The molecule has 0 saturated heterocycles. The number of carbonyl (C=O) groups excluding carboxylic acids is 1. The molecule has 1 rings (SSSR count). The van der Waals surface area contributed by atoms with E-state index in [2.05, 4.69) is 10.3 Å². The van der Waals surface area contributed by atoms with E-state index in [9.17, 15) is 4.79 Å². The van der Waals surface area contributed by atoms with E-state index in [4.69, 9.17) is 5.26 Å². The molecular formula is C9H11N3OS. The first-order chi connectivity index (χ1) is 6.43. The molecule has 74 valence electrons. The second kappa shape index (κ2) is 3.76. The van der Waals surface area contributed by atoms with Crippen LogP contribution < -0.4 is 5.32 Å². The highest BCUT2D eigenvalue weighted by atomic mass is 32.1. The smallest absolute Gasteiger partial charge is 0.231 e. The molecule has 1 amide bonds. The lowest BCUT2D eigenvalue weighted by molar-refractivity contribution is -0.123. The fraction of sp³-hybridized carbons (Fsp3) is 0.444. The number of thiazole rings is 1. The molecule has 0 saturated carbocycles. The summed E-state index contributed by atoms with van der Waals surface area (Å²) in [4.78, 5) is 15.9. The second-order valence-corrected chi connectivity index (χ2v) is 4.88. The summed E-state index contributed by atoms with van der Waals surface area (Å²) in [5.74, 6) is -0.101. The van der Waals surface area contributed by atoms with Gasteiger partial charge in [-0.05, 0) is 0 Å². The van der Waals surface area contributed by atoms with E-state index in [1.807, 2.05) is 26.8 Å². The monoisotopic (exact) mass is 209 g/mol. The van der Waals surface area contributed by atoms with Gasteiger partial charge in [0.2, 0.25) is 5.91 Å². The summed E-state index contributed by atoms with van der Waals surface area (Å²) in [6.07, 6.45) is 1.45. The van der Waals surface area contributed by atoms with Gasteiger partial charge in [-0.3, -0.25) is 4.79 Å². The number of nitrogens with zero attached hydrogens (tertiary/aromatic N) is 2. The SMILES string of the molecule is CC(C)(C)C(=O)Nc1ncc(C#N)s1. The van der Waals surface area contributed by atoms with Crippen molar-refractivity contribution in [3.05, 3.63) is 11.1 Å². The number of amides is 1. The van der Waals surface area contributed by atoms with Crippen molar-refractivity contribution >= 4 is 22.4 Å². The molecular weight excluding hydrogens is 198 g/mol. The molecule has 4 nitrogen and oxygen atoms in total. The molecule has 0 fully saturated rings. The van der Waals surface area contributed by atoms with Crippen LogP contribution >= 0.6 is 11.3 Å². The highest BCUT2D eigenvalue weighted by Gasteiger charge is 2.22. The van der Waals surface area contributed by atoms with Gasteiger partial charge in [0.15, 0.2) is 5.13 Å². The van der Waals surface area contributed by atoms with Crippen LogP contribution in [-0.2, 0) is 4.79 Å². The number of aromatic nitrogens is 1. The Morgan fingerprint density at radius 2 is 2.29 bits per heavy atom. The number of nitriles is 1. The van der Waals surface area contributed by atoms with Crippen molar-refractivity contribution < 1.29 is 4.79 Å².